The van der Waals surface area contributed by atoms with Crippen molar-refractivity contribution < 1.29 is 13.9 Å². The quantitative estimate of drug-likeness (QED) is 0.442. The molecule has 2 aromatic heterocycles. The Kier molecular flexibility index (Phi) is 6.00. The average Bonchev–Trinajstić information content (AvgIpc) is 2.77. The number of carbonyl (C=O) groups is 1. The fourth-order valence-corrected chi connectivity index (χ4v) is 3.50. The van der Waals surface area contributed by atoms with Crippen LogP contribution in [0.15, 0.2) is 76.2 Å². The first kappa shape index (κ1) is 20.6. The number of nitrogens with one attached hydrogen (secondary N) is 1. The number of aryl methyl sites for hydroxylation is 1. The molecule has 0 unspecified atom stereocenters. The molecule has 4 aromatic rings. The van der Waals surface area contributed by atoms with Crippen molar-refractivity contribution in [2.45, 2.75) is 13.3 Å². The molecule has 7 heteroatoms. The van der Waals surface area contributed by atoms with Crippen LogP contribution in [-0.4, -0.2) is 17.5 Å². The Bertz CT molecular complexity index is 1290. The summed E-state index contributed by atoms with van der Waals surface area (Å²) in [7, 11) is 0. The van der Waals surface area contributed by atoms with E-state index in [9.17, 15) is 9.59 Å². The predicted octanol–water partition coefficient (Wildman–Crippen LogP) is 4.76. The molecule has 0 saturated heterocycles. The number of nitrogens with zero attached hydrogens (tertiary/aromatic N) is 1. The van der Waals surface area contributed by atoms with E-state index in [-0.39, 0.29) is 18.3 Å². The molecule has 0 radical (unpaired) electrons. The number of pyridine rings is 1. The summed E-state index contributed by atoms with van der Waals surface area (Å²) in [5.41, 5.74) is 2.91. The van der Waals surface area contributed by atoms with Gasteiger partial charge < -0.3 is 14.5 Å². The zero-order chi connectivity index (χ0) is 21.8. The molecule has 0 atom stereocenters. The molecule has 2 aromatic carbocycles. The number of fused-ring (bicyclic) bond motifs is 1. The van der Waals surface area contributed by atoms with Crippen molar-refractivity contribution in [2.24, 2.45) is 0 Å². The Morgan fingerprint density at radius 1 is 1.16 bits per heavy atom. The largest absolute Gasteiger partial charge is 0.482 e. The first-order valence-corrected chi connectivity index (χ1v) is 10.0. The lowest BCUT2D eigenvalue weighted by Crippen LogP contribution is -2.20. The van der Waals surface area contributed by atoms with Gasteiger partial charge in [0.25, 0.3) is 5.91 Å². The second-order valence-electron chi connectivity index (χ2n) is 7.01. The van der Waals surface area contributed by atoms with Crippen molar-refractivity contribution >= 4 is 34.2 Å². The minimum atomic E-state index is -0.406. The van der Waals surface area contributed by atoms with E-state index in [0.29, 0.717) is 28.3 Å². The smallest absolute Gasteiger partial charge is 0.340 e. The van der Waals surface area contributed by atoms with Crippen LogP contribution in [0, 0.1) is 6.92 Å². The lowest BCUT2D eigenvalue weighted by atomic mass is 9.99. The molecule has 0 fully saturated rings. The molecule has 0 aliphatic carbocycles. The maximum absolute atomic E-state index is 12.6. The van der Waals surface area contributed by atoms with Crippen LogP contribution in [0.5, 0.6) is 5.75 Å². The minimum Gasteiger partial charge on any atom is -0.482 e. The predicted molar refractivity (Wildman–Crippen MR) is 120 cm³/mol. The van der Waals surface area contributed by atoms with Crippen molar-refractivity contribution in [1.82, 2.24) is 4.98 Å². The number of halogens is 1. The molecule has 6 nitrogen and oxygen atoms in total. The van der Waals surface area contributed by atoms with Crippen LogP contribution in [0.4, 0.5) is 5.69 Å². The second-order valence-corrected chi connectivity index (χ2v) is 7.42. The SMILES string of the molecule is Cc1c(Cc2ccccc2)c(=O)oc2cc(OCC(=O)Nc3cccnc3)c(Cl)cc12. The van der Waals surface area contributed by atoms with E-state index in [1.54, 1.807) is 24.4 Å². The van der Waals surface area contributed by atoms with Crippen LogP contribution in [-0.2, 0) is 11.2 Å². The number of hydrogen-bond donors (Lipinski definition) is 1. The summed E-state index contributed by atoms with van der Waals surface area (Å²) in [6, 6.07) is 16.4. The number of ether oxygens (including phenoxy) is 1. The maximum Gasteiger partial charge on any atom is 0.340 e. The van der Waals surface area contributed by atoms with E-state index in [4.69, 9.17) is 20.8 Å². The first-order valence-electron chi connectivity index (χ1n) is 9.63. The van der Waals surface area contributed by atoms with Crippen molar-refractivity contribution in [3.05, 3.63) is 99.1 Å². The van der Waals surface area contributed by atoms with Gasteiger partial charge in [0.15, 0.2) is 6.61 Å². The van der Waals surface area contributed by atoms with Gasteiger partial charge in [-0.1, -0.05) is 41.9 Å². The van der Waals surface area contributed by atoms with Crippen LogP contribution in [0.3, 0.4) is 0 Å². The van der Waals surface area contributed by atoms with E-state index in [1.807, 2.05) is 37.3 Å². The highest BCUT2D eigenvalue weighted by molar-refractivity contribution is 6.32. The van der Waals surface area contributed by atoms with Crippen molar-refractivity contribution in [1.29, 1.82) is 0 Å². The van der Waals surface area contributed by atoms with E-state index in [0.717, 1.165) is 16.5 Å². The van der Waals surface area contributed by atoms with Gasteiger partial charge in [-0.25, -0.2) is 4.79 Å². The molecule has 31 heavy (non-hydrogen) atoms. The molecule has 0 aliphatic rings. The summed E-state index contributed by atoms with van der Waals surface area (Å²) in [6.07, 6.45) is 3.61. The zero-order valence-electron chi connectivity index (χ0n) is 16.7. The van der Waals surface area contributed by atoms with Crippen LogP contribution in [0.1, 0.15) is 16.7 Å². The number of benzene rings is 2. The molecular formula is C24H19ClN2O4. The molecule has 2 heterocycles. The van der Waals surface area contributed by atoms with Gasteiger partial charge in [-0.15, -0.1) is 0 Å². The van der Waals surface area contributed by atoms with Crippen molar-refractivity contribution in [2.75, 3.05) is 11.9 Å². The molecule has 0 saturated carbocycles. The van der Waals surface area contributed by atoms with Crippen LogP contribution >= 0.6 is 11.6 Å². The van der Waals surface area contributed by atoms with Gasteiger partial charge in [-0.05, 0) is 36.2 Å². The monoisotopic (exact) mass is 434 g/mol. The lowest BCUT2D eigenvalue weighted by molar-refractivity contribution is -0.118. The topological polar surface area (TPSA) is 81.4 Å². The molecule has 156 valence electrons. The van der Waals surface area contributed by atoms with E-state index < -0.39 is 5.63 Å². The van der Waals surface area contributed by atoms with Crippen LogP contribution in [0.25, 0.3) is 11.0 Å². The Labute approximate surface area is 183 Å². The van der Waals surface area contributed by atoms with Gasteiger partial charge >= 0.3 is 5.63 Å². The van der Waals surface area contributed by atoms with Crippen LogP contribution < -0.4 is 15.7 Å². The van der Waals surface area contributed by atoms with E-state index in [1.165, 1.54) is 12.3 Å². The van der Waals surface area contributed by atoms with Crippen molar-refractivity contribution in [3.63, 3.8) is 0 Å². The van der Waals surface area contributed by atoms with Gasteiger partial charge in [-0.2, -0.15) is 0 Å². The maximum atomic E-state index is 12.6. The number of rotatable bonds is 6. The average molecular weight is 435 g/mol. The fourth-order valence-electron chi connectivity index (χ4n) is 3.28. The highest BCUT2D eigenvalue weighted by Gasteiger charge is 2.15. The first-order chi connectivity index (χ1) is 15.0. The molecule has 1 N–H and O–H groups in total. The van der Waals surface area contributed by atoms with Crippen LogP contribution in [0.2, 0.25) is 5.02 Å². The Morgan fingerprint density at radius 2 is 1.97 bits per heavy atom. The number of amides is 1. The summed E-state index contributed by atoms with van der Waals surface area (Å²) in [4.78, 5) is 28.7. The van der Waals surface area contributed by atoms with Gasteiger partial charge in [0.1, 0.15) is 11.3 Å². The van der Waals surface area contributed by atoms with E-state index in [2.05, 4.69) is 10.3 Å². The summed E-state index contributed by atoms with van der Waals surface area (Å²) < 4.78 is 11.1. The van der Waals surface area contributed by atoms with Crippen molar-refractivity contribution in [3.8, 4) is 5.75 Å². The van der Waals surface area contributed by atoms with Gasteiger partial charge in [0.2, 0.25) is 0 Å². The summed E-state index contributed by atoms with van der Waals surface area (Å²) in [6.45, 7) is 1.62. The molecular weight excluding hydrogens is 416 g/mol. The third-order valence-electron chi connectivity index (χ3n) is 4.87. The van der Waals surface area contributed by atoms with Gasteiger partial charge in [0, 0.05) is 29.6 Å². The summed E-state index contributed by atoms with van der Waals surface area (Å²) in [5, 5.41) is 3.72. The number of hydrogen-bond acceptors (Lipinski definition) is 5. The Balaban J connectivity index is 1.56. The second kappa shape index (κ2) is 9.02. The minimum absolute atomic E-state index is 0.255. The van der Waals surface area contributed by atoms with E-state index >= 15 is 0 Å². The van der Waals surface area contributed by atoms with Gasteiger partial charge in [0.05, 0.1) is 16.9 Å². The fraction of sp³-hybridized carbons (Fsp3) is 0.125. The standard InChI is InChI=1S/C24H19ClN2O4/c1-15-18-11-20(25)22(30-14-23(28)27-17-8-5-9-26-13-17)12-21(18)31-24(29)19(15)10-16-6-3-2-4-7-16/h2-9,11-13H,10,14H2,1H3,(H,27,28). The zero-order valence-corrected chi connectivity index (χ0v) is 17.5. The third-order valence-corrected chi connectivity index (χ3v) is 5.16. The summed E-state index contributed by atoms with van der Waals surface area (Å²) >= 11 is 6.38. The Morgan fingerprint density at radius 3 is 2.71 bits per heavy atom. The summed E-state index contributed by atoms with van der Waals surface area (Å²) in [5.74, 6) is -0.103. The number of aromatic nitrogens is 1. The Hall–Kier alpha value is -3.64. The highest BCUT2D eigenvalue weighted by atomic mass is 35.5. The molecule has 4 rings (SSSR count). The van der Waals surface area contributed by atoms with Gasteiger partial charge in [-0.3, -0.25) is 9.78 Å². The number of anilines is 1. The number of carbonyl (C=O) groups excluding carboxylic acids is 1. The molecule has 0 aliphatic heterocycles. The lowest BCUT2D eigenvalue weighted by Gasteiger charge is -2.12. The molecule has 0 spiro atoms. The normalized spacial score (nSPS) is 10.8. The molecule has 1 amide bonds. The molecule has 0 bridgehead atoms. The third kappa shape index (κ3) is 4.75. The highest BCUT2D eigenvalue weighted by Crippen LogP contribution is 2.32.